The number of nitrogens with one attached hydrogen (secondary N) is 2. The van der Waals surface area contributed by atoms with Crippen molar-refractivity contribution < 1.29 is 32.6 Å². The van der Waals surface area contributed by atoms with Gasteiger partial charge >= 0.3 is 12.1 Å². The molecule has 0 saturated carbocycles. The Morgan fingerprint density at radius 3 is 2.17 bits per heavy atom. The van der Waals surface area contributed by atoms with Gasteiger partial charge < -0.3 is 14.8 Å². The molecule has 0 aliphatic heterocycles. The third-order valence-corrected chi connectivity index (χ3v) is 6.96. The van der Waals surface area contributed by atoms with Crippen LogP contribution in [0.2, 0.25) is 0 Å². The molecule has 0 unspecified atom stereocenters. The van der Waals surface area contributed by atoms with Crippen LogP contribution in [0.25, 0.3) is 10.1 Å². The molecule has 10 heteroatoms. The smallest absolute Gasteiger partial charge is 0.412 e. The Hall–Kier alpha value is -4.31. The predicted molar refractivity (Wildman–Crippen MR) is 151 cm³/mol. The van der Waals surface area contributed by atoms with E-state index in [-0.39, 0.29) is 28.2 Å². The number of amides is 2. The summed E-state index contributed by atoms with van der Waals surface area (Å²) in [6.45, 7) is 5.16. The number of carbonyl (C=O) groups is 3. The summed E-state index contributed by atoms with van der Waals surface area (Å²) in [7, 11) is 1.29. The van der Waals surface area contributed by atoms with Crippen molar-refractivity contribution in [3.63, 3.8) is 0 Å². The summed E-state index contributed by atoms with van der Waals surface area (Å²) >= 11 is 1.19. The van der Waals surface area contributed by atoms with Crippen LogP contribution in [0.15, 0.2) is 60.7 Å². The fourth-order valence-corrected chi connectivity index (χ4v) is 5.14. The van der Waals surface area contributed by atoms with Gasteiger partial charge in [-0.05, 0) is 69.5 Å². The van der Waals surface area contributed by atoms with Crippen molar-refractivity contribution in [2.45, 2.75) is 39.2 Å². The van der Waals surface area contributed by atoms with E-state index in [4.69, 9.17) is 4.74 Å². The van der Waals surface area contributed by atoms with Gasteiger partial charge in [0.25, 0.3) is 5.91 Å². The number of fused-ring (bicyclic) bond motifs is 1. The van der Waals surface area contributed by atoms with Gasteiger partial charge in [-0.15, -0.1) is 11.3 Å². The minimum absolute atomic E-state index is 0.0651. The fourth-order valence-electron chi connectivity index (χ4n) is 4.06. The van der Waals surface area contributed by atoms with Crippen LogP contribution in [-0.4, -0.2) is 30.7 Å². The van der Waals surface area contributed by atoms with Crippen LogP contribution < -0.4 is 10.6 Å². The largest absolute Gasteiger partial charge is 0.465 e. The number of hydrogen-bond acceptors (Lipinski definition) is 6. The maximum Gasteiger partial charge on any atom is 0.412 e. The van der Waals surface area contributed by atoms with Crippen molar-refractivity contribution in [2.75, 3.05) is 17.7 Å². The van der Waals surface area contributed by atoms with Crippen molar-refractivity contribution in [1.82, 2.24) is 0 Å². The number of anilines is 2. The summed E-state index contributed by atoms with van der Waals surface area (Å²) in [5.74, 6) is -2.71. The molecule has 4 rings (SSSR count). The molecule has 2 amide bonds. The lowest BCUT2D eigenvalue weighted by atomic mass is 10.0. The van der Waals surface area contributed by atoms with E-state index in [0.717, 1.165) is 22.4 Å². The topological polar surface area (TPSA) is 93.7 Å². The molecule has 0 saturated heterocycles. The van der Waals surface area contributed by atoms with Gasteiger partial charge in [-0.2, -0.15) is 0 Å². The number of benzene rings is 3. The normalized spacial score (nSPS) is 11.2. The van der Waals surface area contributed by atoms with Crippen molar-refractivity contribution in [3.8, 4) is 0 Å². The molecular weight excluding hydrogens is 538 g/mol. The first-order valence-corrected chi connectivity index (χ1v) is 13.2. The van der Waals surface area contributed by atoms with Crippen molar-refractivity contribution in [1.29, 1.82) is 0 Å². The van der Waals surface area contributed by atoms with Gasteiger partial charge in [0.15, 0.2) is 0 Å². The van der Waals surface area contributed by atoms with Gasteiger partial charge in [0.1, 0.15) is 22.2 Å². The Morgan fingerprint density at radius 1 is 0.900 bits per heavy atom. The fraction of sp³-hybridized carbons (Fsp3) is 0.233. The average Bonchev–Trinajstić information content (AvgIpc) is 3.24. The average molecular weight is 567 g/mol. The zero-order valence-corrected chi connectivity index (χ0v) is 23.2. The van der Waals surface area contributed by atoms with Gasteiger partial charge in [-0.1, -0.05) is 30.3 Å². The molecular formula is C30H28F2N2O5S. The van der Waals surface area contributed by atoms with E-state index in [0.29, 0.717) is 17.4 Å². The molecule has 0 spiro atoms. The number of methoxy groups -OCH3 is 1. The van der Waals surface area contributed by atoms with Crippen LogP contribution in [0, 0.1) is 11.6 Å². The van der Waals surface area contributed by atoms with E-state index in [1.54, 1.807) is 69.3 Å². The van der Waals surface area contributed by atoms with E-state index in [9.17, 15) is 23.2 Å². The minimum atomic E-state index is -0.802. The molecule has 2 N–H and O–H groups in total. The Kier molecular flexibility index (Phi) is 8.49. The molecule has 40 heavy (non-hydrogen) atoms. The van der Waals surface area contributed by atoms with Crippen LogP contribution in [0.1, 0.15) is 52.6 Å². The van der Waals surface area contributed by atoms with Gasteiger partial charge in [0.05, 0.1) is 18.2 Å². The highest BCUT2D eigenvalue weighted by atomic mass is 32.1. The van der Waals surface area contributed by atoms with Gasteiger partial charge in [0, 0.05) is 21.3 Å². The zero-order valence-electron chi connectivity index (χ0n) is 22.4. The third-order valence-electron chi connectivity index (χ3n) is 5.87. The SMILES string of the molecule is COC(=O)c1ccc(CCc2c(F)cc(NC(=O)c3c(NC(=O)OC(C)(C)C)sc4ccccc34)cc2F)cc1. The molecule has 0 atom stereocenters. The van der Waals surface area contributed by atoms with Crippen LogP contribution in [0.4, 0.5) is 24.3 Å². The summed E-state index contributed by atoms with van der Waals surface area (Å²) in [6, 6.07) is 15.8. The molecule has 3 aromatic carbocycles. The van der Waals surface area contributed by atoms with Gasteiger partial charge in [-0.3, -0.25) is 10.1 Å². The van der Waals surface area contributed by atoms with Crippen LogP contribution >= 0.6 is 11.3 Å². The van der Waals surface area contributed by atoms with E-state index < -0.39 is 35.2 Å². The molecule has 4 aromatic rings. The molecule has 0 radical (unpaired) electrons. The van der Waals surface area contributed by atoms with Crippen LogP contribution in [0.3, 0.4) is 0 Å². The number of aryl methyl sites for hydroxylation is 1. The van der Waals surface area contributed by atoms with E-state index >= 15 is 0 Å². The molecule has 7 nitrogen and oxygen atoms in total. The summed E-state index contributed by atoms with van der Waals surface area (Å²) < 4.78 is 40.6. The lowest BCUT2D eigenvalue weighted by Crippen LogP contribution is -2.27. The molecule has 208 valence electrons. The number of hydrogen-bond donors (Lipinski definition) is 2. The second-order valence-corrected chi connectivity index (χ2v) is 11.0. The summed E-state index contributed by atoms with van der Waals surface area (Å²) in [5, 5.41) is 6.01. The van der Waals surface area contributed by atoms with E-state index in [2.05, 4.69) is 15.4 Å². The number of carbonyl (C=O) groups excluding carboxylic acids is 3. The number of esters is 1. The lowest BCUT2D eigenvalue weighted by molar-refractivity contribution is 0.0598. The lowest BCUT2D eigenvalue weighted by Gasteiger charge is -2.19. The van der Waals surface area contributed by atoms with Gasteiger partial charge in [0.2, 0.25) is 0 Å². The maximum absolute atomic E-state index is 15.0. The minimum Gasteiger partial charge on any atom is -0.465 e. The highest BCUT2D eigenvalue weighted by molar-refractivity contribution is 7.23. The quantitative estimate of drug-likeness (QED) is 0.228. The molecule has 0 aliphatic rings. The van der Waals surface area contributed by atoms with E-state index in [1.165, 1.54) is 18.4 Å². The first-order chi connectivity index (χ1) is 18.9. The van der Waals surface area contributed by atoms with E-state index in [1.807, 2.05) is 0 Å². The number of rotatable bonds is 7. The highest BCUT2D eigenvalue weighted by Gasteiger charge is 2.24. The van der Waals surface area contributed by atoms with Crippen LogP contribution in [-0.2, 0) is 22.3 Å². The predicted octanol–water partition coefficient (Wildman–Crippen LogP) is 7.35. The second kappa shape index (κ2) is 11.8. The molecule has 0 fully saturated rings. The first-order valence-electron chi connectivity index (χ1n) is 12.4. The monoisotopic (exact) mass is 566 g/mol. The first kappa shape index (κ1) is 28.7. The maximum atomic E-state index is 15.0. The third kappa shape index (κ3) is 6.81. The second-order valence-electron chi connectivity index (χ2n) is 9.99. The molecule has 1 aromatic heterocycles. The summed E-state index contributed by atoms with van der Waals surface area (Å²) in [4.78, 5) is 37.3. The zero-order chi connectivity index (χ0) is 29.0. The molecule has 1 heterocycles. The molecule has 0 aliphatic carbocycles. The Morgan fingerprint density at radius 2 is 1.55 bits per heavy atom. The Labute approximate surface area is 234 Å². The Balaban J connectivity index is 1.52. The Bertz CT molecular complexity index is 1550. The van der Waals surface area contributed by atoms with Crippen LogP contribution in [0.5, 0.6) is 0 Å². The molecule has 0 bridgehead atoms. The highest BCUT2D eigenvalue weighted by Crippen LogP contribution is 2.36. The van der Waals surface area contributed by atoms with Crippen molar-refractivity contribution in [3.05, 3.63) is 94.6 Å². The van der Waals surface area contributed by atoms with Crippen molar-refractivity contribution in [2.24, 2.45) is 0 Å². The number of halogens is 2. The summed E-state index contributed by atoms with van der Waals surface area (Å²) in [6.07, 6.45) is -0.320. The number of ether oxygens (including phenoxy) is 2. The van der Waals surface area contributed by atoms with Gasteiger partial charge in [-0.25, -0.2) is 18.4 Å². The summed E-state index contributed by atoms with van der Waals surface area (Å²) in [5.41, 5.74) is 0.399. The van der Waals surface area contributed by atoms with Crippen molar-refractivity contribution >= 4 is 50.1 Å². The standard InChI is InChI=1S/C30H28F2N2O5S/c1-30(2,3)39-29(37)34-27-25(21-7-5-6-8-24(21)40-27)26(35)33-19-15-22(31)20(23(32)16-19)14-11-17-9-12-18(13-10-17)28(36)38-4/h5-10,12-13,15-16H,11,14H2,1-4H3,(H,33,35)(H,34,37). The number of thiophene rings is 1.